The van der Waals surface area contributed by atoms with E-state index in [-0.39, 0.29) is 12.3 Å². The first-order valence-electron chi connectivity index (χ1n) is 44.9. The third kappa shape index (κ3) is 21.1. The fourth-order valence-electron chi connectivity index (χ4n) is 16.6. The molecule has 20 rings (SSSR count). The average molecular weight is 1730 g/mol. The van der Waals surface area contributed by atoms with Gasteiger partial charge in [0.15, 0.2) is 5.60 Å². The first kappa shape index (κ1) is 86.0. The van der Waals surface area contributed by atoms with Crippen molar-refractivity contribution in [3.8, 4) is 115 Å². The van der Waals surface area contributed by atoms with Crippen LogP contribution in [0.25, 0.3) is 110 Å². The number of aliphatic hydroxyl groups is 5. The third-order valence-corrected chi connectivity index (χ3v) is 23.6. The van der Waals surface area contributed by atoms with E-state index >= 15 is 0 Å². The molecule has 4 aliphatic rings. The number of aromatic nitrogens is 21. The van der Waals surface area contributed by atoms with Crippen LogP contribution in [0.3, 0.4) is 0 Å². The summed E-state index contributed by atoms with van der Waals surface area (Å²) < 4.78 is 32.5. The number of nitrogens with zero attached hydrogens (tertiary/aromatic N) is 18. The molecular weight excluding hydrogens is 1620 g/mol. The predicted molar refractivity (Wildman–Crippen MR) is 500 cm³/mol. The van der Waals surface area contributed by atoms with Gasteiger partial charge in [0, 0.05) is 201 Å². The fraction of sp³-hybridized carbons (Fsp3) is 0.370. The molecule has 2 aliphatic carbocycles. The van der Waals surface area contributed by atoms with Gasteiger partial charge in [-0.1, -0.05) is 34.8 Å². The lowest BCUT2D eigenvalue weighted by molar-refractivity contribution is 0.110. The van der Waals surface area contributed by atoms with Crippen molar-refractivity contribution >= 4 is 54.5 Å². The minimum absolute atomic E-state index is 0.0635. The molecule has 0 bridgehead atoms. The number of likely N-dealkylation sites (tertiary alicyclic amines) is 2. The Kier molecular flexibility index (Phi) is 25.1. The van der Waals surface area contributed by atoms with Crippen molar-refractivity contribution in [1.82, 2.24) is 114 Å². The van der Waals surface area contributed by atoms with Gasteiger partial charge in [-0.2, -0.15) is 25.5 Å². The van der Waals surface area contributed by atoms with Gasteiger partial charge in [0.05, 0.1) is 92.3 Å². The van der Waals surface area contributed by atoms with Crippen molar-refractivity contribution < 1.29 is 32.8 Å². The molecule has 0 amide bonds. The van der Waals surface area contributed by atoms with Gasteiger partial charge in [0.25, 0.3) is 0 Å². The molecule has 0 spiro atoms. The van der Waals surface area contributed by atoms with Crippen LogP contribution in [0.5, 0.6) is 0 Å². The summed E-state index contributed by atoms with van der Waals surface area (Å²) in [6.45, 7) is 26.6. The first-order chi connectivity index (χ1) is 62.8. The van der Waals surface area contributed by atoms with Crippen molar-refractivity contribution in [2.75, 3.05) is 33.2 Å². The quantitative estimate of drug-likeness (QED) is 0.0508. The largest absolute Gasteiger partial charge is 0.378 e. The number of fused-ring (bicyclic) bond motifs is 5. The maximum Gasteiger partial charge on any atom is 0.168 e. The van der Waals surface area contributed by atoms with Gasteiger partial charge in [-0.25, -0.2) is 24.9 Å². The molecule has 4 fully saturated rings. The highest BCUT2D eigenvalue weighted by atomic mass is 16.5. The predicted octanol–water partition coefficient (Wildman–Crippen LogP) is 14.8. The van der Waals surface area contributed by atoms with Crippen LogP contribution in [-0.2, 0) is 25.2 Å². The summed E-state index contributed by atoms with van der Waals surface area (Å²) in [5.41, 5.74) is 13.2. The van der Waals surface area contributed by atoms with E-state index in [1.807, 2.05) is 92.3 Å². The average Bonchev–Trinajstić information content (AvgIpc) is 1.61. The van der Waals surface area contributed by atoms with E-state index < -0.39 is 28.0 Å². The lowest BCUT2D eigenvalue weighted by atomic mass is 10.0. The Morgan fingerprint density at radius 3 is 1.13 bits per heavy atom. The molecule has 0 aromatic carbocycles. The highest BCUT2D eigenvalue weighted by Gasteiger charge is 2.34. The zero-order chi connectivity index (χ0) is 92.1. The Labute approximate surface area is 751 Å². The number of aryl methyl sites for hydroxylation is 4. The summed E-state index contributed by atoms with van der Waals surface area (Å²) in [5, 5.41) is 93.8. The number of piperidine rings is 2. The Morgan fingerprint density at radius 2 is 0.791 bits per heavy atom. The third-order valence-electron chi connectivity index (χ3n) is 23.6. The van der Waals surface area contributed by atoms with E-state index in [1.165, 1.54) is 12.8 Å². The van der Waals surface area contributed by atoms with Crippen molar-refractivity contribution in [3.63, 3.8) is 0 Å². The highest BCUT2D eigenvalue weighted by molar-refractivity contribution is 6.00. The number of pyridine rings is 5. The topological polar surface area (TPSA) is 366 Å². The van der Waals surface area contributed by atoms with E-state index in [0.29, 0.717) is 57.6 Å². The molecule has 16 aromatic heterocycles. The van der Waals surface area contributed by atoms with Crippen LogP contribution >= 0.6 is 0 Å². The summed E-state index contributed by atoms with van der Waals surface area (Å²) in [4.78, 5) is 27.3. The number of hydrogen-bond donors (Lipinski definition) is 10. The first-order valence-corrected chi connectivity index (χ1v) is 43.9. The lowest BCUT2D eigenvalue weighted by Gasteiger charge is -2.33. The number of hydrogen-bond acceptors (Lipinski definition) is 19. The second-order valence-electron chi connectivity index (χ2n) is 35.2. The van der Waals surface area contributed by atoms with Crippen LogP contribution in [0.2, 0.25) is 0 Å². The smallest absolute Gasteiger partial charge is 0.168 e. The maximum atomic E-state index is 10.6. The SMILES string of the molecule is CCn1cc(-c2cn[nH]c2)c2cc(C#CC(C)(C)O)ncc21.CCn1cc(-c2cn[nH]c2)c2cc(C#CC(C)(O)c3cc(C)on3)ncc21.CCn1cc(-c2cn[nH]c2)c2cc(C#CC3(O)CCCC3)ncc21.CN1CCC(n2cc(-c3cn[nH]c3)c3cc(C#CC(C)(C)O)ncc32)CC1.[2H]c1n[nH]c([2H])c1-c1cn(C2CCN(C3CC3)CC2)c2cnc(C#CC(C)(C)O)cc12. The summed E-state index contributed by atoms with van der Waals surface area (Å²) in [6.07, 6.45) is 45.5. The van der Waals surface area contributed by atoms with E-state index in [9.17, 15) is 25.5 Å². The molecule has 16 aromatic rings. The van der Waals surface area contributed by atoms with Gasteiger partial charge in [0.2, 0.25) is 0 Å². The van der Waals surface area contributed by atoms with Crippen LogP contribution in [0, 0.1) is 66.1 Å². The van der Waals surface area contributed by atoms with E-state index in [1.54, 1.807) is 80.0 Å². The Bertz CT molecular complexity index is 7060. The molecule has 10 N–H and O–H groups in total. The Balaban J connectivity index is 0.000000120. The summed E-state index contributed by atoms with van der Waals surface area (Å²) in [6, 6.07) is 13.1. The molecule has 660 valence electrons. The minimum Gasteiger partial charge on any atom is -0.378 e. The van der Waals surface area contributed by atoms with Crippen LogP contribution < -0.4 is 0 Å². The van der Waals surface area contributed by atoms with Crippen LogP contribution in [0.15, 0.2) is 165 Å². The second kappa shape index (κ2) is 37.6. The summed E-state index contributed by atoms with van der Waals surface area (Å²) >= 11 is 0. The Morgan fingerprint density at radius 1 is 0.434 bits per heavy atom. The van der Waals surface area contributed by atoms with Crippen LogP contribution in [0.4, 0.5) is 0 Å². The van der Waals surface area contributed by atoms with Gasteiger partial charge >= 0.3 is 0 Å². The van der Waals surface area contributed by atoms with Gasteiger partial charge < -0.3 is 62.7 Å². The van der Waals surface area contributed by atoms with E-state index in [4.69, 9.17) is 7.26 Å². The number of H-pyrrole nitrogens is 5. The van der Waals surface area contributed by atoms with Gasteiger partial charge in [-0.05, 0) is 220 Å². The van der Waals surface area contributed by atoms with Gasteiger partial charge in [-0.15, -0.1) is 0 Å². The van der Waals surface area contributed by atoms with Gasteiger partial charge in [-0.3, -0.25) is 25.5 Å². The molecule has 29 nitrogen and oxygen atoms in total. The second-order valence-corrected chi connectivity index (χ2v) is 35.2. The molecule has 2 aliphatic heterocycles. The molecular formula is C100H109N23O6. The van der Waals surface area contributed by atoms with Crippen LogP contribution in [-0.4, -0.2) is 201 Å². The molecule has 29 heteroatoms. The summed E-state index contributed by atoms with van der Waals surface area (Å²) in [7, 11) is 2.18. The lowest BCUT2D eigenvalue weighted by Crippen LogP contribution is -2.35. The molecule has 1 unspecified atom stereocenters. The van der Waals surface area contributed by atoms with Crippen molar-refractivity contribution in [2.45, 2.75) is 206 Å². The molecule has 0 radical (unpaired) electrons. The minimum atomic E-state index is -1.42. The zero-order valence-electron chi connectivity index (χ0n) is 76.8. The number of rotatable bonds is 12. The molecule has 1 atom stereocenters. The van der Waals surface area contributed by atoms with Crippen molar-refractivity contribution in [2.24, 2.45) is 0 Å². The van der Waals surface area contributed by atoms with Crippen molar-refractivity contribution in [3.05, 3.63) is 200 Å². The maximum absolute atomic E-state index is 10.6. The molecule has 129 heavy (non-hydrogen) atoms. The van der Waals surface area contributed by atoms with Crippen LogP contribution in [0.1, 0.15) is 188 Å². The van der Waals surface area contributed by atoms with E-state index in [2.05, 4.69) is 232 Å². The summed E-state index contributed by atoms with van der Waals surface area (Å²) in [5.74, 6) is 29.9. The molecule has 18 heterocycles. The Hall–Kier alpha value is -13.8. The molecule has 2 saturated heterocycles. The zero-order valence-corrected chi connectivity index (χ0v) is 74.8. The number of aromatic amines is 5. The molecule has 2 saturated carbocycles. The normalized spacial score (nSPS) is 15.6. The standard InChI is InChI=1S/C23H27N5O.C21H25N5O.C20H19N5O2.C19H20N4O.C17H18N4O/c1-23(2,29)8-5-17-11-20-21(16-12-25-26-13-16)15-28(22(20)14-24-17)19-6-9-27(10-7-19)18-3-4-18;1-21(2,27)7-4-16-10-18-19(15-11-23-24-12-15)14-26(20(18)13-22-16)17-5-8-25(3)9-6-17;1-4-25-12-17(14-9-22-23-10-14)16-8-15(21-11-18(16)25)5-6-20(3,26)19-7-13(2)27-24-19;1-2-23-13-17(14-10-21-22-11-14)16-9-15(20-12-18(16)23)5-8-19(24)6-3-4-7-19;1-4-21-11-15(12-8-19-20-9-12)14-7-13(18-10-16(14)21)5-6-17(2,3)22/h11-15,18-19,29H,3-4,6-7,9-10H2,1-2H3,(H,25,26);10-14,17,27H,5-6,8-9H2,1-3H3,(H,23,24);7-12,26H,4H2,1-3H3,(H,22,23);9-13,24H,2-4,6-7H2,1H3,(H,21,22);7-11,22H,4H2,1-3H3,(H,19,20)/i12D,13D;;;;. The monoisotopic (exact) mass is 1730 g/mol. The van der Waals surface area contributed by atoms with Crippen molar-refractivity contribution in [1.29, 1.82) is 0 Å². The fourth-order valence-corrected chi connectivity index (χ4v) is 16.6. The van der Waals surface area contributed by atoms with E-state index in [0.717, 1.165) is 208 Å². The van der Waals surface area contributed by atoms with Gasteiger partial charge in [0.1, 0.15) is 62.3 Å². The highest BCUT2D eigenvalue weighted by Crippen LogP contribution is 2.41. The number of nitrogens with one attached hydrogen (secondary N) is 5.